The molecule has 0 saturated carbocycles. The van der Waals surface area contributed by atoms with Crippen LogP contribution in [0.4, 0.5) is 0 Å². The lowest BCUT2D eigenvalue weighted by Crippen LogP contribution is -2.36. The number of amides is 1. The molecule has 3 N–H and O–H groups in total. The lowest BCUT2D eigenvalue weighted by molar-refractivity contribution is -0.125. The molecule has 4 nitrogen and oxygen atoms in total. The minimum atomic E-state index is -0.122. The standard InChI is InChI=1S/C19H23N3O/c1-13-7-6-10-16(11-13)18-17(12-20-22-18)19(23)21-14(2)15-8-4-3-5-9-15/h3-11,14,17-18,20,22H,12H2,1-2H3,(H,21,23). The normalized spacial score (nSPS) is 21.8. The van der Waals surface area contributed by atoms with Gasteiger partial charge in [0.05, 0.1) is 18.0 Å². The van der Waals surface area contributed by atoms with Crippen LogP contribution in [0.15, 0.2) is 54.6 Å². The third-order valence-corrected chi connectivity index (χ3v) is 4.38. The fraction of sp³-hybridized carbons (Fsp3) is 0.316. The molecular formula is C19H23N3O. The second-order valence-corrected chi connectivity index (χ2v) is 6.16. The van der Waals surface area contributed by atoms with Crippen LogP contribution in [0.5, 0.6) is 0 Å². The van der Waals surface area contributed by atoms with Crippen molar-refractivity contribution in [1.29, 1.82) is 0 Å². The lowest BCUT2D eigenvalue weighted by Gasteiger charge is -2.21. The van der Waals surface area contributed by atoms with E-state index in [1.165, 1.54) is 5.56 Å². The van der Waals surface area contributed by atoms with Gasteiger partial charge in [0.15, 0.2) is 0 Å². The number of hydrogen-bond acceptors (Lipinski definition) is 3. The summed E-state index contributed by atoms with van der Waals surface area (Å²) in [4.78, 5) is 12.7. The van der Waals surface area contributed by atoms with Crippen molar-refractivity contribution in [2.24, 2.45) is 5.92 Å². The fourth-order valence-corrected chi connectivity index (χ4v) is 3.07. The number of benzene rings is 2. The van der Waals surface area contributed by atoms with Crippen LogP contribution in [0.25, 0.3) is 0 Å². The first-order valence-corrected chi connectivity index (χ1v) is 8.05. The smallest absolute Gasteiger partial charge is 0.226 e. The van der Waals surface area contributed by atoms with Crippen LogP contribution in [-0.4, -0.2) is 12.5 Å². The van der Waals surface area contributed by atoms with Gasteiger partial charge in [0.2, 0.25) is 5.91 Å². The molecule has 2 aromatic rings. The highest BCUT2D eigenvalue weighted by Gasteiger charge is 2.34. The van der Waals surface area contributed by atoms with Gasteiger partial charge in [0.25, 0.3) is 0 Å². The molecule has 3 unspecified atom stereocenters. The first-order chi connectivity index (χ1) is 11.1. The van der Waals surface area contributed by atoms with Crippen molar-refractivity contribution in [3.8, 4) is 0 Å². The van der Waals surface area contributed by atoms with Gasteiger partial charge >= 0.3 is 0 Å². The number of carbonyl (C=O) groups excluding carboxylic acids is 1. The average Bonchev–Trinajstić information content (AvgIpc) is 3.05. The molecule has 0 aliphatic carbocycles. The number of carbonyl (C=O) groups is 1. The summed E-state index contributed by atoms with van der Waals surface area (Å²) < 4.78 is 0. The SMILES string of the molecule is Cc1cccc(C2NNCC2C(=O)NC(C)c2ccccc2)c1. The summed E-state index contributed by atoms with van der Waals surface area (Å²) in [7, 11) is 0. The third kappa shape index (κ3) is 3.60. The average molecular weight is 309 g/mol. The first-order valence-electron chi connectivity index (χ1n) is 8.05. The van der Waals surface area contributed by atoms with Crippen molar-refractivity contribution in [3.05, 3.63) is 71.3 Å². The number of hydrogen-bond donors (Lipinski definition) is 3. The Balaban J connectivity index is 1.71. The highest BCUT2D eigenvalue weighted by atomic mass is 16.2. The molecule has 1 amide bonds. The number of nitrogens with one attached hydrogen (secondary N) is 3. The molecule has 120 valence electrons. The molecular weight excluding hydrogens is 286 g/mol. The van der Waals surface area contributed by atoms with Gasteiger partial charge in [-0.15, -0.1) is 0 Å². The quantitative estimate of drug-likeness (QED) is 0.814. The molecule has 1 heterocycles. The van der Waals surface area contributed by atoms with Crippen molar-refractivity contribution in [3.63, 3.8) is 0 Å². The van der Waals surface area contributed by atoms with E-state index < -0.39 is 0 Å². The maximum absolute atomic E-state index is 12.7. The Morgan fingerprint density at radius 1 is 1.17 bits per heavy atom. The van der Waals surface area contributed by atoms with Gasteiger partial charge in [0.1, 0.15) is 0 Å². The van der Waals surface area contributed by atoms with Gasteiger partial charge < -0.3 is 5.32 Å². The molecule has 0 aromatic heterocycles. The van der Waals surface area contributed by atoms with E-state index in [-0.39, 0.29) is 23.9 Å². The predicted molar refractivity (Wildman–Crippen MR) is 91.5 cm³/mol. The van der Waals surface area contributed by atoms with E-state index in [1.54, 1.807) is 0 Å². The van der Waals surface area contributed by atoms with Crippen molar-refractivity contribution in [1.82, 2.24) is 16.2 Å². The Morgan fingerprint density at radius 2 is 1.96 bits per heavy atom. The minimum absolute atomic E-state index is 0.00197. The summed E-state index contributed by atoms with van der Waals surface area (Å²) in [6, 6.07) is 18.3. The molecule has 0 bridgehead atoms. The van der Waals surface area contributed by atoms with Crippen LogP contribution in [0, 0.1) is 12.8 Å². The molecule has 1 saturated heterocycles. The van der Waals surface area contributed by atoms with Gasteiger partial charge in [0, 0.05) is 6.54 Å². The van der Waals surface area contributed by atoms with Crippen LogP contribution in [-0.2, 0) is 4.79 Å². The zero-order valence-electron chi connectivity index (χ0n) is 13.5. The first kappa shape index (κ1) is 15.7. The van der Waals surface area contributed by atoms with Crippen molar-refractivity contribution >= 4 is 5.91 Å². The van der Waals surface area contributed by atoms with E-state index in [2.05, 4.69) is 41.3 Å². The predicted octanol–water partition coefficient (Wildman–Crippen LogP) is 2.64. The second kappa shape index (κ2) is 6.94. The summed E-state index contributed by atoms with van der Waals surface area (Å²) in [6.45, 7) is 4.72. The van der Waals surface area contributed by atoms with E-state index >= 15 is 0 Å². The van der Waals surface area contributed by atoms with Crippen LogP contribution >= 0.6 is 0 Å². The summed E-state index contributed by atoms with van der Waals surface area (Å²) in [5, 5.41) is 3.13. The fourth-order valence-electron chi connectivity index (χ4n) is 3.07. The van der Waals surface area contributed by atoms with Crippen LogP contribution < -0.4 is 16.2 Å². The molecule has 3 rings (SSSR count). The monoisotopic (exact) mass is 309 g/mol. The molecule has 1 fully saturated rings. The molecule has 1 aliphatic rings. The molecule has 1 aliphatic heterocycles. The molecule has 0 spiro atoms. The molecule has 3 atom stereocenters. The zero-order valence-corrected chi connectivity index (χ0v) is 13.5. The van der Waals surface area contributed by atoms with Gasteiger partial charge in [-0.05, 0) is 25.0 Å². The van der Waals surface area contributed by atoms with Crippen molar-refractivity contribution < 1.29 is 4.79 Å². The summed E-state index contributed by atoms with van der Waals surface area (Å²) in [5.41, 5.74) is 9.82. The Morgan fingerprint density at radius 3 is 2.70 bits per heavy atom. The number of aryl methyl sites for hydroxylation is 1. The summed E-state index contributed by atoms with van der Waals surface area (Å²) in [5.74, 6) is -0.0479. The topological polar surface area (TPSA) is 53.2 Å². The van der Waals surface area contributed by atoms with Crippen molar-refractivity contribution in [2.75, 3.05) is 6.54 Å². The highest BCUT2D eigenvalue weighted by Crippen LogP contribution is 2.26. The van der Waals surface area contributed by atoms with E-state index in [0.717, 1.165) is 11.1 Å². The Bertz CT molecular complexity index is 671. The summed E-state index contributed by atoms with van der Waals surface area (Å²) in [6.07, 6.45) is 0. The van der Waals surface area contributed by atoms with Gasteiger partial charge in [-0.2, -0.15) is 0 Å². The van der Waals surface area contributed by atoms with Crippen LogP contribution in [0.3, 0.4) is 0 Å². The summed E-state index contributed by atoms with van der Waals surface area (Å²) >= 11 is 0. The lowest BCUT2D eigenvalue weighted by atomic mass is 9.93. The Hall–Kier alpha value is -2.17. The second-order valence-electron chi connectivity index (χ2n) is 6.16. The maximum Gasteiger partial charge on any atom is 0.226 e. The van der Waals surface area contributed by atoms with Crippen molar-refractivity contribution in [2.45, 2.75) is 25.9 Å². The largest absolute Gasteiger partial charge is 0.349 e. The zero-order chi connectivity index (χ0) is 16.2. The maximum atomic E-state index is 12.7. The molecule has 0 radical (unpaired) electrons. The molecule has 23 heavy (non-hydrogen) atoms. The Kier molecular flexibility index (Phi) is 4.74. The van der Waals surface area contributed by atoms with Crippen LogP contribution in [0.1, 0.15) is 35.7 Å². The third-order valence-electron chi connectivity index (χ3n) is 4.38. The Labute approximate surface area is 137 Å². The number of hydrazine groups is 1. The van der Waals surface area contributed by atoms with Gasteiger partial charge in [-0.3, -0.25) is 10.2 Å². The number of rotatable bonds is 4. The van der Waals surface area contributed by atoms with E-state index in [9.17, 15) is 4.79 Å². The molecule has 4 heteroatoms. The van der Waals surface area contributed by atoms with Gasteiger partial charge in [-0.1, -0.05) is 60.2 Å². The van der Waals surface area contributed by atoms with E-state index in [1.807, 2.05) is 43.3 Å². The van der Waals surface area contributed by atoms with Gasteiger partial charge in [-0.25, -0.2) is 5.43 Å². The highest BCUT2D eigenvalue weighted by molar-refractivity contribution is 5.80. The van der Waals surface area contributed by atoms with E-state index in [0.29, 0.717) is 6.54 Å². The molecule has 2 aromatic carbocycles. The van der Waals surface area contributed by atoms with E-state index in [4.69, 9.17) is 0 Å². The minimum Gasteiger partial charge on any atom is -0.349 e. The van der Waals surface area contributed by atoms with Crippen LogP contribution in [0.2, 0.25) is 0 Å².